The van der Waals surface area contributed by atoms with Crippen LogP contribution in [0.1, 0.15) is 11.1 Å². The number of halogens is 3. The zero-order valence-corrected chi connectivity index (χ0v) is 9.28. The second-order valence-electron chi connectivity index (χ2n) is 3.74. The van der Waals surface area contributed by atoms with Crippen LogP contribution < -0.4 is 0 Å². The molecule has 0 saturated carbocycles. The van der Waals surface area contributed by atoms with Crippen molar-refractivity contribution in [2.45, 2.75) is 12.8 Å². The number of pyridine rings is 1. The number of aliphatic hydroxyl groups is 1. The Morgan fingerprint density at radius 2 is 1.72 bits per heavy atom. The molecule has 0 spiro atoms. The van der Waals surface area contributed by atoms with Crippen molar-refractivity contribution in [1.29, 1.82) is 0 Å². The lowest BCUT2D eigenvalue weighted by molar-refractivity contribution is -0.138. The Kier molecular flexibility index (Phi) is 3.34. The lowest BCUT2D eigenvalue weighted by Gasteiger charge is -2.14. The van der Waals surface area contributed by atoms with Crippen molar-refractivity contribution in [2.24, 2.45) is 0 Å². The van der Waals surface area contributed by atoms with E-state index in [2.05, 4.69) is 4.98 Å². The highest BCUT2D eigenvalue weighted by molar-refractivity contribution is 5.67. The van der Waals surface area contributed by atoms with Gasteiger partial charge in [-0.25, -0.2) is 0 Å². The van der Waals surface area contributed by atoms with Gasteiger partial charge in [0, 0.05) is 23.5 Å². The molecule has 2 nitrogen and oxygen atoms in total. The fraction of sp³-hybridized carbons (Fsp3) is 0.154. The molecular formula is C13H10F3NO. The average Bonchev–Trinajstić information content (AvgIpc) is 2.37. The first-order chi connectivity index (χ1) is 8.54. The van der Waals surface area contributed by atoms with E-state index in [1.54, 1.807) is 30.3 Å². The van der Waals surface area contributed by atoms with E-state index in [0.717, 1.165) is 6.20 Å². The summed E-state index contributed by atoms with van der Waals surface area (Å²) in [6.07, 6.45) is -2.45. The van der Waals surface area contributed by atoms with Crippen LogP contribution in [0.4, 0.5) is 13.2 Å². The Morgan fingerprint density at radius 3 is 2.28 bits per heavy atom. The molecule has 0 aliphatic rings. The molecule has 0 saturated heterocycles. The molecule has 0 radical (unpaired) electrons. The normalized spacial score (nSPS) is 11.6. The van der Waals surface area contributed by atoms with Gasteiger partial charge in [-0.3, -0.25) is 4.98 Å². The van der Waals surface area contributed by atoms with Crippen LogP contribution in [0.5, 0.6) is 0 Å². The number of rotatable bonds is 2. The number of alkyl halides is 3. The van der Waals surface area contributed by atoms with Gasteiger partial charge in [0.1, 0.15) is 0 Å². The highest BCUT2D eigenvalue weighted by atomic mass is 19.4. The number of aliphatic hydroxyl groups excluding tert-OH is 1. The highest BCUT2D eigenvalue weighted by Crippen LogP contribution is 2.35. The third kappa shape index (κ3) is 2.36. The highest BCUT2D eigenvalue weighted by Gasteiger charge is 2.34. The first-order valence-corrected chi connectivity index (χ1v) is 5.24. The standard InChI is InChI=1S/C13H10F3NO/c14-13(15,16)12-7-17-6-10(11(12)8-18)9-4-2-1-3-5-9/h1-7,18H,8H2. The van der Waals surface area contributed by atoms with Crippen molar-refractivity contribution >= 4 is 0 Å². The maximum Gasteiger partial charge on any atom is 0.418 e. The van der Waals surface area contributed by atoms with Crippen LogP contribution in [0, 0.1) is 0 Å². The molecule has 18 heavy (non-hydrogen) atoms. The summed E-state index contributed by atoms with van der Waals surface area (Å²) in [4.78, 5) is 3.60. The van der Waals surface area contributed by atoms with Crippen LogP contribution in [0.3, 0.4) is 0 Å². The van der Waals surface area contributed by atoms with Gasteiger partial charge in [0.2, 0.25) is 0 Å². The maximum absolute atomic E-state index is 12.8. The SMILES string of the molecule is OCc1c(-c2ccccc2)cncc1C(F)(F)F. The summed E-state index contributed by atoms with van der Waals surface area (Å²) in [6.45, 7) is -0.679. The van der Waals surface area contributed by atoms with Gasteiger partial charge < -0.3 is 5.11 Å². The third-order valence-electron chi connectivity index (χ3n) is 2.61. The summed E-state index contributed by atoms with van der Waals surface area (Å²) >= 11 is 0. The molecule has 0 aliphatic carbocycles. The molecule has 0 unspecified atom stereocenters. The lowest BCUT2D eigenvalue weighted by Crippen LogP contribution is -2.11. The van der Waals surface area contributed by atoms with Crippen molar-refractivity contribution in [3.05, 3.63) is 53.9 Å². The minimum absolute atomic E-state index is 0.149. The monoisotopic (exact) mass is 253 g/mol. The largest absolute Gasteiger partial charge is 0.418 e. The molecule has 2 rings (SSSR count). The number of benzene rings is 1. The van der Waals surface area contributed by atoms with E-state index >= 15 is 0 Å². The summed E-state index contributed by atoms with van der Waals surface area (Å²) < 4.78 is 38.3. The molecule has 5 heteroatoms. The minimum atomic E-state index is -4.52. The summed E-state index contributed by atoms with van der Waals surface area (Å²) in [5.41, 5.74) is -0.150. The predicted molar refractivity (Wildman–Crippen MR) is 60.6 cm³/mol. The van der Waals surface area contributed by atoms with Crippen LogP contribution in [0.25, 0.3) is 11.1 Å². The van der Waals surface area contributed by atoms with Crippen molar-refractivity contribution < 1.29 is 18.3 Å². The Morgan fingerprint density at radius 1 is 1.06 bits per heavy atom. The molecule has 94 valence electrons. The Balaban J connectivity index is 2.63. The van der Waals surface area contributed by atoms with E-state index < -0.39 is 18.3 Å². The first-order valence-electron chi connectivity index (χ1n) is 5.24. The number of aromatic nitrogens is 1. The molecular weight excluding hydrogens is 243 g/mol. The average molecular weight is 253 g/mol. The Labute approximate surface area is 102 Å². The van der Waals surface area contributed by atoms with Gasteiger partial charge in [0.05, 0.1) is 12.2 Å². The van der Waals surface area contributed by atoms with Gasteiger partial charge in [-0.15, -0.1) is 0 Å². The molecule has 0 fully saturated rings. The van der Waals surface area contributed by atoms with Crippen molar-refractivity contribution in [2.75, 3.05) is 0 Å². The van der Waals surface area contributed by atoms with Crippen molar-refractivity contribution in [3.63, 3.8) is 0 Å². The second kappa shape index (κ2) is 4.78. The summed E-state index contributed by atoms with van der Waals surface area (Å²) in [7, 11) is 0. The molecule has 1 aromatic carbocycles. The van der Waals surface area contributed by atoms with Crippen molar-refractivity contribution in [3.8, 4) is 11.1 Å². The van der Waals surface area contributed by atoms with Gasteiger partial charge >= 0.3 is 6.18 Å². The van der Waals surface area contributed by atoms with Gasteiger partial charge in [-0.1, -0.05) is 30.3 Å². The molecule has 0 atom stereocenters. The van der Waals surface area contributed by atoms with Crippen LogP contribution in [-0.2, 0) is 12.8 Å². The molecule has 0 aliphatic heterocycles. The lowest BCUT2D eigenvalue weighted by atomic mass is 9.98. The fourth-order valence-corrected chi connectivity index (χ4v) is 1.77. The Bertz CT molecular complexity index is 538. The quantitative estimate of drug-likeness (QED) is 0.891. The van der Waals surface area contributed by atoms with E-state index in [9.17, 15) is 18.3 Å². The number of hydrogen-bond acceptors (Lipinski definition) is 2. The minimum Gasteiger partial charge on any atom is -0.392 e. The molecule has 0 amide bonds. The second-order valence-corrected chi connectivity index (χ2v) is 3.74. The van der Waals surface area contributed by atoms with Crippen LogP contribution in [-0.4, -0.2) is 10.1 Å². The van der Waals surface area contributed by atoms with E-state index in [4.69, 9.17) is 0 Å². The zero-order valence-electron chi connectivity index (χ0n) is 9.28. The van der Waals surface area contributed by atoms with Gasteiger partial charge in [0.15, 0.2) is 0 Å². The topological polar surface area (TPSA) is 33.1 Å². The van der Waals surface area contributed by atoms with Crippen LogP contribution in [0.15, 0.2) is 42.7 Å². The fourth-order valence-electron chi connectivity index (χ4n) is 1.77. The summed E-state index contributed by atoms with van der Waals surface area (Å²) in [6, 6.07) is 8.56. The molecule has 1 aromatic heterocycles. The smallest absolute Gasteiger partial charge is 0.392 e. The van der Waals surface area contributed by atoms with Crippen molar-refractivity contribution in [1.82, 2.24) is 4.98 Å². The molecule has 1 heterocycles. The predicted octanol–water partition coefficient (Wildman–Crippen LogP) is 3.26. The van der Waals surface area contributed by atoms with Crippen LogP contribution >= 0.6 is 0 Å². The Hall–Kier alpha value is -1.88. The number of hydrogen-bond donors (Lipinski definition) is 1. The third-order valence-corrected chi connectivity index (χ3v) is 2.61. The van der Waals surface area contributed by atoms with Gasteiger partial charge in [-0.05, 0) is 5.56 Å². The zero-order chi connectivity index (χ0) is 13.2. The summed E-state index contributed by atoms with van der Waals surface area (Å²) in [5, 5.41) is 9.20. The van der Waals surface area contributed by atoms with Crippen LogP contribution in [0.2, 0.25) is 0 Å². The van der Waals surface area contributed by atoms with E-state index in [1.807, 2.05) is 0 Å². The van der Waals surface area contributed by atoms with Gasteiger partial charge in [-0.2, -0.15) is 13.2 Å². The van der Waals surface area contributed by atoms with Gasteiger partial charge in [0.25, 0.3) is 0 Å². The summed E-state index contributed by atoms with van der Waals surface area (Å²) in [5.74, 6) is 0. The first kappa shape index (κ1) is 12.6. The molecule has 1 N–H and O–H groups in total. The van der Waals surface area contributed by atoms with E-state index in [1.165, 1.54) is 6.20 Å². The molecule has 2 aromatic rings. The maximum atomic E-state index is 12.8. The van der Waals surface area contributed by atoms with E-state index in [-0.39, 0.29) is 5.56 Å². The van der Waals surface area contributed by atoms with E-state index in [0.29, 0.717) is 11.1 Å². The molecule has 0 bridgehead atoms. The number of nitrogens with zero attached hydrogens (tertiary/aromatic N) is 1.